The molecule has 1 N–H and O–H groups in total. The maximum absolute atomic E-state index is 11.1. The number of non-ortho nitro benzene ring substituents is 1. The summed E-state index contributed by atoms with van der Waals surface area (Å²) >= 11 is 0. The number of benzene rings is 3. The van der Waals surface area contributed by atoms with Gasteiger partial charge in [-0.2, -0.15) is 0 Å². The van der Waals surface area contributed by atoms with Crippen molar-refractivity contribution in [1.82, 2.24) is 0 Å². The fraction of sp³-hybridized carbons (Fsp3) is 0. The van der Waals surface area contributed by atoms with Gasteiger partial charge in [0.15, 0.2) is 0 Å². The highest BCUT2D eigenvalue weighted by Gasteiger charge is 2.19. The molecule has 0 aromatic heterocycles. The summed E-state index contributed by atoms with van der Waals surface area (Å²) in [6.45, 7) is 0. The molecule has 0 fully saturated rings. The highest BCUT2D eigenvalue weighted by atomic mass is 16.6. The van der Waals surface area contributed by atoms with E-state index in [2.05, 4.69) is 5.32 Å². The van der Waals surface area contributed by atoms with Gasteiger partial charge in [0.05, 0.1) is 15.9 Å². The van der Waals surface area contributed by atoms with E-state index in [0.717, 1.165) is 16.8 Å². The van der Waals surface area contributed by atoms with Crippen LogP contribution in [0.15, 0.2) is 60.7 Å². The van der Waals surface area contributed by atoms with Crippen LogP contribution in [-0.2, 0) is 0 Å². The Morgan fingerprint density at radius 1 is 0.783 bits per heavy atom. The van der Waals surface area contributed by atoms with E-state index in [-0.39, 0.29) is 17.1 Å². The molecule has 0 spiro atoms. The largest absolute Gasteiger partial charge is 0.350 e. The fourth-order valence-corrected chi connectivity index (χ4v) is 2.31. The molecule has 0 aliphatic heterocycles. The maximum atomic E-state index is 11.1. The summed E-state index contributed by atoms with van der Waals surface area (Å²) in [7, 11) is 0. The Hall–Kier alpha value is -3.48. The van der Waals surface area contributed by atoms with Crippen LogP contribution in [0.4, 0.5) is 22.7 Å². The van der Waals surface area contributed by atoms with E-state index in [1.54, 1.807) is 6.07 Å². The first-order valence-electron chi connectivity index (χ1n) is 6.73. The summed E-state index contributed by atoms with van der Waals surface area (Å²) in [5.41, 5.74) is 0.213. The summed E-state index contributed by atoms with van der Waals surface area (Å²) < 4.78 is 0. The lowest BCUT2D eigenvalue weighted by Crippen LogP contribution is -1.98. The van der Waals surface area contributed by atoms with Gasteiger partial charge in [0.25, 0.3) is 11.4 Å². The van der Waals surface area contributed by atoms with Crippen molar-refractivity contribution in [1.29, 1.82) is 0 Å². The van der Waals surface area contributed by atoms with Crippen LogP contribution in [0.5, 0.6) is 0 Å². The van der Waals surface area contributed by atoms with Crippen LogP contribution < -0.4 is 5.32 Å². The first-order valence-corrected chi connectivity index (χ1v) is 6.73. The Morgan fingerprint density at radius 3 is 2.22 bits per heavy atom. The molecule has 114 valence electrons. The van der Waals surface area contributed by atoms with Crippen molar-refractivity contribution in [2.45, 2.75) is 0 Å². The molecule has 0 aliphatic rings. The molecule has 3 aromatic rings. The number of nitro benzene ring substituents is 2. The molecule has 0 radical (unpaired) electrons. The van der Waals surface area contributed by atoms with Crippen molar-refractivity contribution in [3.05, 3.63) is 80.9 Å². The number of nitrogens with one attached hydrogen (secondary N) is 1. The van der Waals surface area contributed by atoms with Crippen LogP contribution in [0, 0.1) is 20.2 Å². The second-order valence-corrected chi connectivity index (χ2v) is 4.90. The standard InChI is InChI=1S/C16H11N3O4/c20-18(21)14-7-8-15(16(10-14)19(22)23)17-13-6-5-11-3-1-2-4-12(11)9-13/h1-10,17H. The highest BCUT2D eigenvalue weighted by molar-refractivity contribution is 5.87. The molecule has 0 saturated heterocycles. The predicted molar refractivity (Wildman–Crippen MR) is 87.0 cm³/mol. The molecule has 0 aliphatic carbocycles. The number of nitro groups is 2. The molecule has 0 heterocycles. The minimum atomic E-state index is -0.660. The van der Waals surface area contributed by atoms with Crippen molar-refractivity contribution in [2.75, 3.05) is 5.32 Å². The molecular formula is C16H11N3O4. The average Bonchev–Trinajstić information content (AvgIpc) is 2.54. The smallest absolute Gasteiger partial charge is 0.299 e. The average molecular weight is 309 g/mol. The van der Waals surface area contributed by atoms with Crippen LogP contribution in [0.25, 0.3) is 10.8 Å². The molecule has 0 saturated carbocycles. The Balaban J connectivity index is 2.00. The lowest BCUT2D eigenvalue weighted by molar-refractivity contribution is -0.393. The first kappa shape index (κ1) is 14.5. The molecule has 3 aromatic carbocycles. The minimum Gasteiger partial charge on any atom is -0.350 e. The molecule has 0 atom stereocenters. The van der Waals surface area contributed by atoms with E-state index in [9.17, 15) is 20.2 Å². The van der Waals surface area contributed by atoms with Crippen LogP contribution >= 0.6 is 0 Å². The molecule has 7 heteroatoms. The Labute approximate surface area is 130 Å². The monoisotopic (exact) mass is 309 g/mol. The van der Waals surface area contributed by atoms with Crippen molar-refractivity contribution in [3.8, 4) is 0 Å². The topological polar surface area (TPSA) is 98.3 Å². The number of fused-ring (bicyclic) bond motifs is 1. The Morgan fingerprint density at radius 2 is 1.52 bits per heavy atom. The number of anilines is 2. The van der Waals surface area contributed by atoms with Gasteiger partial charge in [-0.1, -0.05) is 30.3 Å². The first-order chi connectivity index (χ1) is 11.0. The van der Waals surface area contributed by atoms with Gasteiger partial charge in [0, 0.05) is 11.8 Å². The highest BCUT2D eigenvalue weighted by Crippen LogP contribution is 2.32. The molecular weight excluding hydrogens is 298 g/mol. The quantitative estimate of drug-likeness (QED) is 0.569. The number of nitrogens with zero attached hydrogens (tertiary/aromatic N) is 2. The third-order valence-electron chi connectivity index (χ3n) is 3.42. The summed E-state index contributed by atoms with van der Waals surface area (Å²) in [4.78, 5) is 20.6. The normalized spacial score (nSPS) is 10.4. The van der Waals surface area contributed by atoms with Crippen molar-refractivity contribution < 1.29 is 9.85 Å². The van der Waals surface area contributed by atoms with Gasteiger partial charge in [-0.25, -0.2) is 0 Å². The van der Waals surface area contributed by atoms with Crippen LogP contribution in [0.3, 0.4) is 0 Å². The van der Waals surface area contributed by atoms with E-state index >= 15 is 0 Å². The third-order valence-corrected chi connectivity index (χ3v) is 3.42. The van der Waals surface area contributed by atoms with Crippen molar-refractivity contribution in [2.24, 2.45) is 0 Å². The molecule has 0 amide bonds. The number of rotatable bonds is 4. The van der Waals surface area contributed by atoms with Crippen LogP contribution in [-0.4, -0.2) is 9.85 Å². The Kier molecular flexibility index (Phi) is 3.60. The lowest BCUT2D eigenvalue weighted by atomic mass is 10.1. The zero-order chi connectivity index (χ0) is 16.4. The van der Waals surface area contributed by atoms with Crippen molar-refractivity contribution in [3.63, 3.8) is 0 Å². The Bertz CT molecular complexity index is 924. The molecule has 7 nitrogen and oxygen atoms in total. The maximum Gasteiger partial charge on any atom is 0.299 e. The van der Waals surface area contributed by atoms with Gasteiger partial charge in [-0.15, -0.1) is 0 Å². The van der Waals surface area contributed by atoms with Gasteiger partial charge in [0.1, 0.15) is 5.69 Å². The molecule has 23 heavy (non-hydrogen) atoms. The number of hydrogen-bond donors (Lipinski definition) is 1. The summed E-state index contributed by atoms with van der Waals surface area (Å²) in [5, 5.41) is 26.9. The third kappa shape index (κ3) is 2.93. The van der Waals surface area contributed by atoms with Crippen LogP contribution in [0.2, 0.25) is 0 Å². The summed E-state index contributed by atoms with van der Waals surface area (Å²) in [6, 6.07) is 16.8. The second kappa shape index (κ2) is 5.72. The van der Waals surface area contributed by atoms with Gasteiger partial charge in [-0.3, -0.25) is 20.2 Å². The molecule has 0 bridgehead atoms. The van der Waals surface area contributed by atoms with E-state index in [1.165, 1.54) is 12.1 Å². The van der Waals surface area contributed by atoms with Crippen molar-refractivity contribution >= 4 is 33.5 Å². The fourth-order valence-electron chi connectivity index (χ4n) is 2.31. The van der Waals surface area contributed by atoms with E-state index in [4.69, 9.17) is 0 Å². The zero-order valence-corrected chi connectivity index (χ0v) is 11.8. The summed E-state index contributed by atoms with van der Waals surface area (Å²) in [6.07, 6.45) is 0. The van der Waals surface area contributed by atoms with Gasteiger partial charge in [0.2, 0.25) is 0 Å². The minimum absolute atomic E-state index is 0.205. The van der Waals surface area contributed by atoms with E-state index in [1.807, 2.05) is 36.4 Å². The summed E-state index contributed by atoms with van der Waals surface area (Å²) in [5.74, 6) is 0. The molecule has 0 unspecified atom stereocenters. The zero-order valence-electron chi connectivity index (χ0n) is 11.8. The van der Waals surface area contributed by atoms with E-state index < -0.39 is 9.85 Å². The second-order valence-electron chi connectivity index (χ2n) is 4.90. The molecule has 3 rings (SSSR count). The predicted octanol–water partition coefficient (Wildman–Crippen LogP) is 4.40. The lowest BCUT2D eigenvalue weighted by Gasteiger charge is -2.08. The van der Waals surface area contributed by atoms with Gasteiger partial charge >= 0.3 is 0 Å². The van der Waals surface area contributed by atoms with Gasteiger partial charge in [-0.05, 0) is 29.0 Å². The SMILES string of the molecule is O=[N+]([O-])c1ccc(Nc2ccc3ccccc3c2)c([N+](=O)[O-])c1. The van der Waals surface area contributed by atoms with Crippen LogP contribution in [0.1, 0.15) is 0 Å². The van der Waals surface area contributed by atoms with E-state index in [0.29, 0.717) is 5.69 Å². The van der Waals surface area contributed by atoms with Gasteiger partial charge < -0.3 is 5.32 Å². The number of hydrogen-bond acceptors (Lipinski definition) is 5.